The predicted octanol–water partition coefficient (Wildman–Crippen LogP) is -0.342. The molecule has 3 N–H and O–H groups in total. The Bertz CT molecular complexity index is 331. The van der Waals surface area contributed by atoms with Crippen LogP contribution in [0, 0.1) is 0 Å². The Morgan fingerprint density at radius 2 is 2.31 bits per heavy atom. The van der Waals surface area contributed by atoms with Crippen molar-refractivity contribution in [3.8, 4) is 0 Å². The number of primary sulfonamides is 1. The molecule has 0 fully saturated rings. The number of sulfonamides is 1. The second kappa shape index (κ2) is 4.40. The molecule has 0 saturated carbocycles. The summed E-state index contributed by atoms with van der Waals surface area (Å²) in [4.78, 5) is 0. The zero-order chi connectivity index (χ0) is 9.73. The Kier molecular flexibility index (Phi) is 3.47. The highest BCUT2D eigenvalue weighted by molar-refractivity contribution is 7.89. The quantitative estimate of drug-likeness (QED) is 0.642. The minimum atomic E-state index is -3.35. The average molecular weight is 204 g/mol. The zero-order valence-corrected chi connectivity index (χ0v) is 7.88. The third-order valence-corrected chi connectivity index (χ3v) is 2.25. The first-order valence-electron chi connectivity index (χ1n) is 3.80. The summed E-state index contributed by atoms with van der Waals surface area (Å²) in [5, 5.41) is 7.73. The van der Waals surface area contributed by atoms with Crippen LogP contribution < -0.4 is 10.5 Å². The van der Waals surface area contributed by atoms with Gasteiger partial charge in [-0.15, -0.1) is 0 Å². The molecule has 1 rings (SSSR count). The molecule has 13 heavy (non-hydrogen) atoms. The highest BCUT2D eigenvalue weighted by Crippen LogP contribution is 1.97. The molecule has 0 spiro atoms. The van der Waals surface area contributed by atoms with Gasteiger partial charge in [-0.3, -0.25) is 0 Å². The Balaban J connectivity index is 2.16. The molecule has 5 nitrogen and oxygen atoms in total. The Morgan fingerprint density at radius 1 is 1.54 bits per heavy atom. The normalized spacial score (nSPS) is 11.8. The van der Waals surface area contributed by atoms with Gasteiger partial charge in [-0.2, -0.15) is 0 Å². The van der Waals surface area contributed by atoms with E-state index >= 15 is 0 Å². The number of hydrogen-bond acceptors (Lipinski definition) is 4. The topological polar surface area (TPSA) is 85.3 Å². The lowest BCUT2D eigenvalue weighted by molar-refractivity contribution is 0.561. The van der Waals surface area contributed by atoms with Crippen LogP contribution in [-0.2, 0) is 16.6 Å². The summed E-state index contributed by atoms with van der Waals surface area (Å²) in [6.07, 6.45) is 3.17. The van der Waals surface area contributed by atoms with E-state index in [0.717, 1.165) is 5.56 Å². The van der Waals surface area contributed by atoms with Crippen LogP contribution in [0.5, 0.6) is 0 Å². The highest BCUT2D eigenvalue weighted by atomic mass is 32.2. The Labute approximate surface area is 77.0 Å². The van der Waals surface area contributed by atoms with Crippen LogP contribution in [0.15, 0.2) is 23.0 Å². The van der Waals surface area contributed by atoms with Gasteiger partial charge in [0.05, 0.1) is 18.3 Å². The van der Waals surface area contributed by atoms with E-state index in [9.17, 15) is 8.42 Å². The maximum absolute atomic E-state index is 10.5. The van der Waals surface area contributed by atoms with Gasteiger partial charge < -0.3 is 9.73 Å². The van der Waals surface area contributed by atoms with Crippen molar-refractivity contribution in [1.29, 1.82) is 0 Å². The van der Waals surface area contributed by atoms with Gasteiger partial charge in [0, 0.05) is 18.7 Å². The number of rotatable bonds is 5. The summed E-state index contributed by atoms with van der Waals surface area (Å²) < 4.78 is 25.9. The van der Waals surface area contributed by atoms with Crippen LogP contribution in [0.1, 0.15) is 5.56 Å². The first kappa shape index (κ1) is 10.2. The fraction of sp³-hybridized carbons (Fsp3) is 0.429. The van der Waals surface area contributed by atoms with Crippen LogP contribution in [0.4, 0.5) is 0 Å². The molecule has 6 heteroatoms. The van der Waals surface area contributed by atoms with E-state index in [4.69, 9.17) is 9.56 Å². The van der Waals surface area contributed by atoms with E-state index in [1.54, 1.807) is 12.5 Å². The summed E-state index contributed by atoms with van der Waals surface area (Å²) >= 11 is 0. The van der Waals surface area contributed by atoms with Crippen molar-refractivity contribution in [1.82, 2.24) is 5.32 Å². The van der Waals surface area contributed by atoms with Crippen molar-refractivity contribution >= 4 is 10.0 Å². The first-order valence-corrected chi connectivity index (χ1v) is 5.52. The summed E-state index contributed by atoms with van der Waals surface area (Å²) in [5.41, 5.74) is 0.981. The lowest BCUT2D eigenvalue weighted by Crippen LogP contribution is -2.26. The maximum atomic E-state index is 10.5. The van der Waals surface area contributed by atoms with Gasteiger partial charge in [0.25, 0.3) is 0 Å². The molecule has 1 aromatic heterocycles. The lowest BCUT2D eigenvalue weighted by atomic mass is 10.3. The lowest BCUT2D eigenvalue weighted by Gasteiger charge is -2.00. The molecule has 0 aromatic carbocycles. The summed E-state index contributed by atoms with van der Waals surface area (Å²) in [6.45, 7) is 0.941. The smallest absolute Gasteiger partial charge is 0.210 e. The van der Waals surface area contributed by atoms with Crippen molar-refractivity contribution in [3.05, 3.63) is 24.2 Å². The SMILES string of the molecule is NS(=O)(=O)CCNCc1ccoc1. The standard InChI is InChI=1S/C7H12N2O3S/c8-13(10,11)4-2-9-5-7-1-3-12-6-7/h1,3,6,9H,2,4-5H2,(H2,8,10,11). The molecule has 0 radical (unpaired) electrons. The molecular weight excluding hydrogens is 192 g/mol. The van der Waals surface area contributed by atoms with Gasteiger partial charge >= 0.3 is 0 Å². The molecule has 0 atom stereocenters. The van der Waals surface area contributed by atoms with Crippen molar-refractivity contribution < 1.29 is 12.8 Å². The Morgan fingerprint density at radius 3 is 2.85 bits per heavy atom. The molecule has 1 aromatic rings. The number of furan rings is 1. The molecule has 0 unspecified atom stereocenters. The molecular formula is C7H12N2O3S. The fourth-order valence-corrected chi connectivity index (χ4v) is 1.27. The van der Waals surface area contributed by atoms with E-state index in [0.29, 0.717) is 13.1 Å². The minimum absolute atomic E-state index is 0.0507. The van der Waals surface area contributed by atoms with Gasteiger partial charge in [-0.05, 0) is 6.07 Å². The molecule has 0 aliphatic heterocycles. The minimum Gasteiger partial charge on any atom is -0.472 e. The molecule has 1 heterocycles. The van der Waals surface area contributed by atoms with Gasteiger partial charge in [-0.25, -0.2) is 13.6 Å². The van der Waals surface area contributed by atoms with Gasteiger partial charge in [0.15, 0.2) is 0 Å². The largest absolute Gasteiger partial charge is 0.472 e. The zero-order valence-electron chi connectivity index (χ0n) is 7.06. The van der Waals surface area contributed by atoms with E-state index in [1.165, 1.54) is 0 Å². The van der Waals surface area contributed by atoms with Crippen molar-refractivity contribution in [3.63, 3.8) is 0 Å². The second-order valence-electron chi connectivity index (χ2n) is 2.68. The van der Waals surface area contributed by atoms with Crippen LogP contribution in [0.3, 0.4) is 0 Å². The van der Waals surface area contributed by atoms with Crippen molar-refractivity contribution in [2.75, 3.05) is 12.3 Å². The van der Waals surface area contributed by atoms with Crippen molar-refractivity contribution in [2.45, 2.75) is 6.54 Å². The molecule has 0 bridgehead atoms. The summed E-state index contributed by atoms with van der Waals surface area (Å²) in [7, 11) is -3.35. The summed E-state index contributed by atoms with van der Waals surface area (Å²) in [6, 6.07) is 1.81. The van der Waals surface area contributed by atoms with Gasteiger partial charge in [0.2, 0.25) is 10.0 Å². The van der Waals surface area contributed by atoms with E-state index in [2.05, 4.69) is 5.32 Å². The number of nitrogens with one attached hydrogen (secondary N) is 1. The second-order valence-corrected chi connectivity index (χ2v) is 4.41. The van der Waals surface area contributed by atoms with Crippen molar-refractivity contribution in [2.24, 2.45) is 5.14 Å². The van der Waals surface area contributed by atoms with E-state index in [1.807, 2.05) is 6.07 Å². The van der Waals surface area contributed by atoms with Crippen LogP contribution >= 0.6 is 0 Å². The fourth-order valence-electron chi connectivity index (χ4n) is 0.840. The van der Waals surface area contributed by atoms with Crippen LogP contribution in [0.2, 0.25) is 0 Å². The molecule has 0 aliphatic rings. The summed E-state index contributed by atoms with van der Waals surface area (Å²) in [5.74, 6) is -0.0507. The molecule has 0 saturated heterocycles. The predicted molar refractivity (Wildman–Crippen MR) is 48.4 cm³/mol. The number of hydrogen-bond donors (Lipinski definition) is 2. The van der Waals surface area contributed by atoms with Gasteiger partial charge in [-0.1, -0.05) is 0 Å². The van der Waals surface area contributed by atoms with E-state index < -0.39 is 10.0 Å². The third kappa shape index (κ3) is 4.66. The van der Waals surface area contributed by atoms with E-state index in [-0.39, 0.29) is 5.75 Å². The van der Waals surface area contributed by atoms with Crippen LogP contribution in [0.25, 0.3) is 0 Å². The molecule has 74 valence electrons. The molecule has 0 aliphatic carbocycles. The third-order valence-electron chi connectivity index (χ3n) is 1.47. The average Bonchev–Trinajstić information content (AvgIpc) is 2.48. The Hall–Kier alpha value is -0.850. The first-order chi connectivity index (χ1) is 6.08. The highest BCUT2D eigenvalue weighted by Gasteiger charge is 2.01. The van der Waals surface area contributed by atoms with Gasteiger partial charge in [0.1, 0.15) is 0 Å². The monoisotopic (exact) mass is 204 g/mol. The number of nitrogens with two attached hydrogens (primary N) is 1. The molecule has 0 amide bonds. The van der Waals surface area contributed by atoms with Crippen LogP contribution in [-0.4, -0.2) is 20.7 Å². The maximum Gasteiger partial charge on any atom is 0.210 e.